The lowest BCUT2D eigenvalue weighted by atomic mass is 10.2. The van der Waals surface area contributed by atoms with Crippen molar-refractivity contribution in [3.05, 3.63) is 66.4 Å². The van der Waals surface area contributed by atoms with Crippen molar-refractivity contribution < 1.29 is 14.3 Å². The number of imidazole rings is 1. The Hall–Kier alpha value is -3.45. The van der Waals surface area contributed by atoms with Gasteiger partial charge in [-0.1, -0.05) is 48.0 Å². The van der Waals surface area contributed by atoms with Crippen LogP contribution in [-0.4, -0.2) is 53.1 Å². The predicted octanol–water partition coefficient (Wildman–Crippen LogP) is 3.67. The van der Waals surface area contributed by atoms with Gasteiger partial charge in [0.15, 0.2) is 0 Å². The van der Waals surface area contributed by atoms with Crippen LogP contribution in [0.4, 0.5) is 5.95 Å². The molecule has 0 bridgehead atoms. The minimum Gasteiger partial charge on any atom is -0.383 e. The number of methoxy groups -OCH3 is 1. The van der Waals surface area contributed by atoms with E-state index in [1.54, 1.807) is 12.0 Å². The minimum atomic E-state index is -0.284. The summed E-state index contributed by atoms with van der Waals surface area (Å²) in [6.07, 6.45) is 3.69. The Morgan fingerprint density at radius 1 is 1.12 bits per heavy atom. The number of carbonyl (C=O) groups excluding carboxylic acids is 2. The maximum atomic E-state index is 12.9. The summed E-state index contributed by atoms with van der Waals surface area (Å²) >= 11 is 0. The number of nitrogens with zero attached hydrogens (tertiary/aromatic N) is 3. The molecule has 7 heteroatoms. The summed E-state index contributed by atoms with van der Waals surface area (Å²) in [5, 5.41) is 2.91. The quantitative estimate of drug-likeness (QED) is 0.560. The lowest BCUT2D eigenvalue weighted by Crippen LogP contribution is -2.41. The molecule has 1 aromatic heterocycles. The van der Waals surface area contributed by atoms with Crippen molar-refractivity contribution in [1.29, 1.82) is 0 Å². The van der Waals surface area contributed by atoms with E-state index in [2.05, 4.69) is 10.3 Å². The molecule has 4 rings (SSSR count). The fraction of sp³-hybridized carbons (Fsp3) is 0.320. The van der Waals surface area contributed by atoms with Crippen LogP contribution in [0, 0.1) is 12.8 Å². The molecule has 1 fully saturated rings. The maximum absolute atomic E-state index is 12.9. The molecule has 0 spiro atoms. The maximum Gasteiger partial charge on any atom is 0.246 e. The molecule has 166 valence electrons. The van der Waals surface area contributed by atoms with Crippen molar-refractivity contribution in [2.75, 3.05) is 32.1 Å². The van der Waals surface area contributed by atoms with Crippen LogP contribution in [-0.2, 0) is 14.3 Å². The number of hydrogen-bond acceptors (Lipinski definition) is 4. The van der Waals surface area contributed by atoms with Crippen LogP contribution >= 0.6 is 0 Å². The molecule has 0 aliphatic heterocycles. The van der Waals surface area contributed by atoms with Gasteiger partial charge in [-0.05, 0) is 31.9 Å². The van der Waals surface area contributed by atoms with Crippen molar-refractivity contribution in [3.63, 3.8) is 0 Å². The fourth-order valence-electron chi connectivity index (χ4n) is 3.51. The average Bonchev–Trinajstić information content (AvgIpc) is 3.58. The second kappa shape index (κ2) is 9.78. The molecule has 7 nitrogen and oxygen atoms in total. The highest BCUT2D eigenvalue weighted by Crippen LogP contribution is 2.31. The van der Waals surface area contributed by atoms with Gasteiger partial charge in [-0.3, -0.25) is 19.5 Å². The van der Waals surface area contributed by atoms with Gasteiger partial charge in [-0.2, -0.15) is 0 Å². The van der Waals surface area contributed by atoms with E-state index in [9.17, 15) is 9.59 Å². The number of amides is 2. The van der Waals surface area contributed by atoms with Gasteiger partial charge in [-0.25, -0.2) is 4.98 Å². The van der Waals surface area contributed by atoms with E-state index in [4.69, 9.17) is 4.74 Å². The Bertz CT molecular complexity index is 1070. The number of carbonyl (C=O) groups is 2. The number of rotatable bonds is 9. The zero-order chi connectivity index (χ0) is 22.5. The van der Waals surface area contributed by atoms with Gasteiger partial charge in [0.05, 0.1) is 12.3 Å². The summed E-state index contributed by atoms with van der Waals surface area (Å²) in [4.78, 5) is 31.8. The lowest BCUT2D eigenvalue weighted by molar-refractivity contribution is -0.136. The van der Waals surface area contributed by atoms with Crippen LogP contribution in [0.25, 0.3) is 16.9 Å². The van der Waals surface area contributed by atoms with Crippen molar-refractivity contribution in [1.82, 2.24) is 14.5 Å². The molecular weight excluding hydrogens is 404 g/mol. The molecule has 0 atom stereocenters. The normalized spacial score (nSPS) is 13.1. The first-order chi connectivity index (χ1) is 15.5. The summed E-state index contributed by atoms with van der Waals surface area (Å²) < 4.78 is 6.98. The highest BCUT2D eigenvalue weighted by atomic mass is 16.5. The highest BCUT2D eigenvalue weighted by Gasteiger charge is 2.34. The molecule has 0 unspecified atom stereocenters. The van der Waals surface area contributed by atoms with Crippen LogP contribution < -0.4 is 5.32 Å². The number of aromatic nitrogens is 2. The van der Waals surface area contributed by atoms with E-state index < -0.39 is 0 Å². The van der Waals surface area contributed by atoms with Crippen molar-refractivity contribution in [2.24, 2.45) is 5.92 Å². The van der Waals surface area contributed by atoms with Gasteiger partial charge in [0.25, 0.3) is 0 Å². The summed E-state index contributed by atoms with van der Waals surface area (Å²) in [7, 11) is 1.59. The Labute approximate surface area is 188 Å². The monoisotopic (exact) mass is 432 g/mol. The standard InChI is InChI=1S/C25H28N4O3/c1-18-8-12-21(13-9-18)29-16-22(19-6-4-3-5-7-19)26-25(29)27-23(30)17-28(14-15-32-2)24(31)20-10-11-20/h3-9,12-13,16,20H,10-11,14-15,17H2,1-2H3,(H,26,27,30). The van der Waals surface area contributed by atoms with Gasteiger partial charge < -0.3 is 9.64 Å². The number of hydrogen-bond donors (Lipinski definition) is 1. The molecule has 3 aromatic rings. The summed E-state index contributed by atoms with van der Waals surface area (Å²) in [6, 6.07) is 17.8. The van der Waals surface area contributed by atoms with Gasteiger partial charge in [0, 0.05) is 37.0 Å². The number of ether oxygens (including phenoxy) is 1. The van der Waals surface area contributed by atoms with Crippen LogP contribution in [0.3, 0.4) is 0 Å². The molecule has 1 heterocycles. The second-order valence-corrected chi connectivity index (χ2v) is 8.10. The van der Waals surface area contributed by atoms with E-state index >= 15 is 0 Å². The topological polar surface area (TPSA) is 76.5 Å². The molecule has 0 radical (unpaired) electrons. The Kier molecular flexibility index (Phi) is 6.66. The molecule has 1 N–H and O–H groups in total. The van der Waals surface area contributed by atoms with E-state index in [1.165, 1.54) is 0 Å². The third kappa shape index (κ3) is 5.23. The first-order valence-corrected chi connectivity index (χ1v) is 10.8. The number of benzene rings is 2. The largest absolute Gasteiger partial charge is 0.383 e. The second-order valence-electron chi connectivity index (χ2n) is 8.10. The predicted molar refractivity (Wildman–Crippen MR) is 124 cm³/mol. The Morgan fingerprint density at radius 2 is 1.84 bits per heavy atom. The number of nitrogens with one attached hydrogen (secondary N) is 1. The first-order valence-electron chi connectivity index (χ1n) is 10.8. The first kappa shape index (κ1) is 21.8. The summed E-state index contributed by atoms with van der Waals surface area (Å²) in [5.41, 5.74) is 3.76. The molecule has 1 aliphatic carbocycles. The SMILES string of the molecule is COCCN(CC(=O)Nc1nc(-c2ccccc2)cn1-c1ccc(C)cc1)C(=O)C1CC1. The van der Waals surface area contributed by atoms with Crippen molar-refractivity contribution >= 4 is 17.8 Å². The van der Waals surface area contributed by atoms with E-state index in [0.29, 0.717) is 19.1 Å². The molecule has 0 saturated heterocycles. The van der Waals surface area contributed by atoms with Crippen LogP contribution in [0.5, 0.6) is 0 Å². The molecule has 2 aromatic carbocycles. The van der Waals surface area contributed by atoms with Gasteiger partial charge in [0.1, 0.15) is 6.54 Å². The number of aryl methyl sites for hydroxylation is 1. The Balaban J connectivity index is 1.58. The number of anilines is 1. The fourth-order valence-corrected chi connectivity index (χ4v) is 3.51. The van der Waals surface area contributed by atoms with Gasteiger partial charge in [-0.15, -0.1) is 0 Å². The minimum absolute atomic E-state index is 0.0176. The summed E-state index contributed by atoms with van der Waals surface area (Å²) in [5.74, 6) is 0.194. The van der Waals surface area contributed by atoms with Crippen molar-refractivity contribution in [2.45, 2.75) is 19.8 Å². The van der Waals surface area contributed by atoms with Gasteiger partial charge in [0.2, 0.25) is 17.8 Å². The average molecular weight is 433 g/mol. The third-order valence-corrected chi connectivity index (χ3v) is 5.48. The molecule has 2 amide bonds. The van der Waals surface area contributed by atoms with Crippen LogP contribution in [0.15, 0.2) is 60.8 Å². The lowest BCUT2D eigenvalue weighted by Gasteiger charge is -2.21. The zero-order valence-corrected chi connectivity index (χ0v) is 18.5. The van der Waals surface area contributed by atoms with E-state index in [-0.39, 0.29) is 24.3 Å². The van der Waals surface area contributed by atoms with Crippen LogP contribution in [0.1, 0.15) is 18.4 Å². The van der Waals surface area contributed by atoms with Crippen LogP contribution in [0.2, 0.25) is 0 Å². The molecule has 1 saturated carbocycles. The van der Waals surface area contributed by atoms with Crippen molar-refractivity contribution in [3.8, 4) is 16.9 Å². The Morgan fingerprint density at radius 3 is 2.50 bits per heavy atom. The molecular formula is C25H28N4O3. The molecule has 1 aliphatic rings. The smallest absolute Gasteiger partial charge is 0.246 e. The third-order valence-electron chi connectivity index (χ3n) is 5.48. The van der Waals surface area contributed by atoms with Gasteiger partial charge >= 0.3 is 0 Å². The van der Waals surface area contributed by atoms with E-state index in [1.807, 2.05) is 72.3 Å². The highest BCUT2D eigenvalue weighted by molar-refractivity contribution is 5.94. The zero-order valence-electron chi connectivity index (χ0n) is 18.5. The molecule has 32 heavy (non-hydrogen) atoms. The van der Waals surface area contributed by atoms with E-state index in [0.717, 1.165) is 35.3 Å². The summed E-state index contributed by atoms with van der Waals surface area (Å²) in [6.45, 7) is 2.78.